The van der Waals surface area contributed by atoms with Crippen LogP contribution >= 0.6 is 0 Å². The summed E-state index contributed by atoms with van der Waals surface area (Å²) >= 11 is 0. The van der Waals surface area contributed by atoms with E-state index in [2.05, 4.69) is 15.6 Å². The van der Waals surface area contributed by atoms with Crippen LogP contribution in [0.1, 0.15) is 67.7 Å². The van der Waals surface area contributed by atoms with Crippen LogP contribution in [0.15, 0.2) is 48.8 Å². The summed E-state index contributed by atoms with van der Waals surface area (Å²) < 4.78 is 0. The fourth-order valence-electron chi connectivity index (χ4n) is 5.30. The average molecular weight is 519 g/mol. The normalized spacial score (nSPS) is 19.3. The zero-order valence-corrected chi connectivity index (χ0v) is 21.9. The Kier molecular flexibility index (Phi) is 10.0. The average Bonchev–Trinajstić information content (AvgIpc) is 2.95. The van der Waals surface area contributed by atoms with Gasteiger partial charge in [0.15, 0.2) is 0 Å². The number of hydrogen-bond acceptors (Lipinski definition) is 5. The second-order valence-corrected chi connectivity index (χ2v) is 10.4. The van der Waals surface area contributed by atoms with Gasteiger partial charge >= 0.3 is 5.97 Å². The smallest absolute Gasteiger partial charge is 0.305 e. The predicted molar refractivity (Wildman–Crippen MR) is 147 cm³/mol. The number of piperidine rings is 2. The van der Waals surface area contributed by atoms with E-state index in [-0.39, 0.29) is 24.2 Å². The lowest BCUT2D eigenvalue weighted by molar-refractivity contribution is -0.138. The second-order valence-electron chi connectivity index (χ2n) is 10.4. The highest BCUT2D eigenvalue weighted by atomic mass is 16.4. The monoisotopic (exact) mass is 518 g/mol. The number of benzene rings is 1. The highest BCUT2D eigenvalue weighted by Gasteiger charge is 2.30. The number of aliphatic carboxylic acids is 1. The van der Waals surface area contributed by atoms with Gasteiger partial charge in [-0.15, -0.1) is 0 Å². The lowest BCUT2D eigenvalue weighted by Gasteiger charge is -2.33. The van der Waals surface area contributed by atoms with E-state index in [0.29, 0.717) is 37.4 Å². The molecule has 3 heterocycles. The third-order valence-corrected chi connectivity index (χ3v) is 7.52. The third-order valence-electron chi connectivity index (χ3n) is 7.52. The van der Waals surface area contributed by atoms with Gasteiger partial charge in [0.1, 0.15) is 0 Å². The topological polar surface area (TPSA) is 112 Å². The first-order chi connectivity index (χ1) is 18.5. The molecule has 2 aliphatic rings. The number of carbonyl (C=O) groups is 3. The number of aromatic nitrogens is 1. The van der Waals surface area contributed by atoms with Crippen LogP contribution in [0.25, 0.3) is 12.2 Å². The van der Waals surface area contributed by atoms with Crippen LogP contribution in [0, 0.1) is 11.8 Å². The van der Waals surface area contributed by atoms with Crippen molar-refractivity contribution in [3.05, 3.63) is 65.5 Å². The number of hydrogen-bond donors (Lipinski definition) is 3. The Balaban J connectivity index is 1.37. The van der Waals surface area contributed by atoms with E-state index in [1.807, 2.05) is 53.5 Å². The maximum absolute atomic E-state index is 13.2. The minimum absolute atomic E-state index is 0.116. The van der Waals surface area contributed by atoms with Gasteiger partial charge in [-0.05, 0) is 73.9 Å². The van der Waals surface area contributed by atoms with Gasteiger partial charge in [0, 0.05) is 31.9 Å². The molecule has 2 saturated heterocycles. The van der Waals surface area contributed by atoms with Crippen molar-refractivity contribution in [2.45, 2.75) is 51.0 Å². The van der Waals surface area contributed by atoms with E-state index in [4.69, 9.17) is 0 Å². The van der Waals surface area contributed by atoms with Crippen LogP contribution < -0.4 is 10.6 Å². The summed E-state index contributed by atoms with van der Waals surface area (Å²) in [7, 11) is 0. The van der Waals surface area contributed by atoms with E-state index >= 15 is 0 Å². The number of carboxylic acid groups (broad SMARTS) is 1. The molecule has 0 aliphatic carbocycles. The van der Waals surface area contributed by atoms with Crippen molar-refractivity contribution in [3.63, 3.8) is 0 Å². The van der Waals surface area contributed by atoms with E-state index in [9.17, 15) is 19.5 Å². The number of pyridine rings is 1. The Labute approximate surface area is 224 Å². The van der Waals surface area contributed by atoms with Gasteiger partial charge in [-0.25, -0.2) is 0 Å². The molecule has 0 radical (unpaired) electrons. The van der Waals surface area contributed by atoms with Crippen LogP contribution in [-0.2, 0) is 14.4 Å². The molecule has 2 aromatic rings. The summed E-state index contributed by atoms with van der Waals surface area (Å²) in [5, 5.41) is 15.8. The van der Waals surface area contributed by atoms with Crippen molar-refractivity contribution in [3.8, 4) is 0 Å². The van der Waals surface area contributed by atoms with E-state index in [1.54, 1.807) is 12.4 Å². The fourth-order valence-corrected chi connectivity index (χ4v) is 5.30. The zero-order valence-electron chi connectivity index (χ0n) is 21.9. The Morgan fingerprint density at radius 2 is 1.84 bits per heavy atom. The van der Waals surface area contributed by atoms with Crippen LogP contribution in [0.4, 0.5) is 0 Å². The molecule has 0 bridgehead atoms. The first-order valence-corrected chi connectivity index (χ1v) is 13.7. The highest BCUT2D eigenvalue weighted by Crippen LogP contribution is 2.24. The Hall–Kier alpha value is -3.52. The molecule has 0 spiro atoms. The fraction of sp³-hybridized carbons (Fsp3) is 0.467. The minimum Gasteiger partial charge on any atom is -0.481 e. The van der Waals surface area contributed by atoms with Crippen molar-refractivity contribution >= 4 is 29.9 Å². The Bertz CT molecular complexity index is 1110. The van der Waals surface area contributed by atoms with Gasteiger partial charge in [-0.3, -0.25) is 19.4 Å². The maximum Gasteiger partial charge on any atom is 0.305 e. The van der Waals surface area contributed by atoms with E-state index in [1.165, 1.54) is 0 Å². The summed E-state index contributed by atoms with van der Waals surface area (Å²) in [6, 6.07) is 11.0. The van der Waals surface area contributed by atoms with Gasteiger partial charge in [-0.2, -0.15) is 0 Å². The lowest BCUT2D eigenvalue weighted by atomic mass is 9.92. The lowest BCUT2D eigenvalue weighted by Crippen LogP contribution is -2.46. The standard InChI is InChI=1S/C30H38N4O4/c35-28(11-10-23-12-14-31-15-13-23)34-16-4-7-25(21-34)30(38)33-27(18-29(36)37)26-17-24(19-32-20-26)9-8-22-5-2-1-3-6-22/h1-3,5-6,8-9,17,19-20,23,25,27,31H,4,7,10-16,18,21H2,(H,33,38)(H,36,37)/b9-8+/t25-,27+/m1/s1. The minimum atomic E-state index is -1.00. The molecule has 1 aromatic heterocycles. The van der Waals surface area contributed by atoms with Crippen molar-refractivity contribution < 1.29 is 19.5 Å². The number of carboxylic acids is 1. The first-order valence-electron chi connectivity index (χ1n) is 13.7. The third kappa shape index (κ3) is 8.25. The molecule has 1 aromatic carbocycles. The number of rotatable bonds is 10. The highest BCUT2D eigenvalue weighted by molar-refractivity contribution is 5.82. The van der Waals surface area contributed by atoms with Crippen molar-refractivity contribution in [2.75, 3.05) is 26.2 Å². The number of likely N-dealkylation sites (tertiary alicyclic amines) is 1. The molecule has 2 amide bonds. The summed E-state index contributed by atoms with van der Waals surface area (Å²) in [4.78, 5) is 43.9. The number of nitrogens with one attached hydrogen (secondary N) is 2. The molecular formula is C30H38N4O4. The number of amides is 2. The number of nitrogens with zero attached hydrogens (tertiary/aromatic N) is 2. The Morgan fingerprint density at radius 1 is 1.08 bits per heavy atom. The van der Waals surface area contributed by atoms with Crippen molar-refractivity contribution in [1.82, 2.24) is 20.5 Å². The second kappa shape index (κ2) is 13.9. The predicted octanol–water partition coefficient (Wildman–Crippen LogP) is 3.90. The van der Waals surface area contributed by atoms with Crippen LogP contribution in [-0.4, -0.2) is 59.0 Å². The van der Waals surface area contributed by atoms with Gasteiger partial charge < -0.3 is 20.6 Å². The molecule has 2 aliphatic heterocycles. The van der Waals surface area contributed by atoms with E-state index in [0.717, 1.165) is 49.9 Å². The van der Waals surface area contributed by atoms with Crippen molar-refractivity contribution in [1.29, 1.82) is 0 Å². The summed E-state index contributed by atoms with van der Waals surface area (Å²) in [5.74, 6) is -0.855. The van der Waals surface area contributed by atoms with Gasteiger partial charge in [0.25, 0.3) is 0 Å². The quantitative estimate of drug-likeness (QED) is 0.440. The summed E-state index contributed by atoms with van der Waals surface area (Å²) in [6.45, 7) is 3.09. The molecule has 4 rings (SSSR count). The molecule has 38 heavy (non-hydrogen) atoms. The maximum atomic E-state index is 13.2. The molecule has 2 atom stereocenters. The SMILES string of the molecule is O=C(O)C[C@H](NC(=O)[C@@H]1CCCN(C(=O)CCC2CCNCC2)C1)c1cncc(/C=C/c2ccccc2)c1. The van der Waals surface area contributed by atoms with Gasteiger partial charge in [0.05, 0.1) is 18.4 Å². The van der Waals surface area contributed by atoms with Crippen LogP contribution in [0.3, 0.4) is 0 Å². The molecule has 8 heteroatoms. The first kappa shape index (κ1) is 27.5. The summed E-state index contributed by atoms with van der Waals surface area (Å²) in [6.07, 6.45) is 12.0. The molecular weight excluding hydrogens is 480 g/mol. The number of carbonyl (C=O) groups excluding carboxylic acids is 2. The van der Waals surface area contributed by atoms with Gasteiger partial charge in [-0.1, -0.05) is 42.5 Å². The van der Waals surface area contributed by atoms with Crippen molar-refractivity contribution in [2.24, 2.45) is 11.8 Å². The molecule has 202 valence electrons. The molecule has 2 fully saturated rings. The largest absolute Gasteiger partial charge is 0.481 e. The van der Waals surface area contributed by atoms with Crippen LogP contribution in [0.2, 0.25) is 0 Å². The van der Waals surface area contributed by atoms with E-state index < -0.39 is 12.0 Å². The zero-order chi connectivity index (χ0) is 26.7. The summed E-state index contributed by atoms with van der Waals surface area (Å²) in [5.41, 5.74) is 2.50. The Morgan fingerprint density at radius 3 is 2.61 bits per heavy atom. The molecule has 0 saturated carbocycles. The van der Waals surface area contributed by atoms with Gasteiger partial charge in [0.2, 0.25) is 11.8 Å². The molecule has 8 nitrogen and oxygen atoms in total. The molecule has 3 N–H and O–H groups in total. The van der Waals surface area contributed by atoms with Crippen LogP contribution in [0.5, 0.6) is 0 Å². The molecule has 0 unspecified atom stereocenters.